The first-order chi connectivity index (χ1) is 9.15. The molecule has 4 nitrogen and oxygen atoms in total. The molecule has 0 amide bonds. The van der Waals surface area contributed by atoms with Crippen molar-refractivity contribution in [3.8, 4) is 5.75 Å². The van der Waals surface area contributed by atoms with Crippen molar-refractivity contribution >= 4 is 0 Å². The Bertz CT molecular complexity index is 534. The smallest absolute Gasteiger partial charge is 0.119 e. The Balaban J connectivity index is 2.32. The maximum absolute atomic E-state index is 5.93. The lowest BCUT2D eigenvalue weighted by Crippen LogP contribution is -2.14. The van der Waals surface area contributed by atoms with Crippen LogP contribution < -0.4 is 10.5 Å². The summed E-state index contributed by atoms with van der Waals surface area (Å²) in [5, 5.41) is 7.44. The van der Waals surface area contributed by atoms with Gasteiger partial charge in [0.25, 0.3) is 0 Å². The molecule has 0 fully saturated rings. The minimum Gasteiger partial charge on any atom is -0.497 e. The maximum atomic E-state index is 5.93. The zero-order valence-corrected chi connectivity index (χ0v) is 11.7. The molecule has 0 aliphatic heterocycles. The van der Waals surface area contributed by atoms with Gasteiger partial charge in [-0.15, -0.1) is 0 Å². The quantitative estimate of drug-likeness (QED) is 0.867. The van der Waals surface area contributed by atoms with Gasteiger partial charge in [-0.25, -0.2) is 0 Å². The molecular formula is C15H21N3O. The molecule has 0 spiro atoms. The summed E-state index contributed by atoms with van der Waals surface area (Å²) >= 11 is 0. The number of nitrogens with zero attached hydrogens (tertiary/aromatic N) is 1. The number of benzene rings is 1. The van der Waals surface area contributed by atoms with Crippen molar-refractivity contribution in [2.24, 2.45) is 5.73 Å². The van der Waals surface area contributed by atoms with E-state index in [0.29, 0.717) is 12.5 Å². The molecule has 19 heavy (non-hydrogen) atoms. The first kappa shape index (κ1) is 13.6. The number of aromatic nitrogens is 2. The monoisotopic (exact) mass is 259 g/mol. The third kappa shape index (κ3) is 2.96. The van der Waals surface area contributed by atoms with E-state index < -0.39 is 0 Å². The van der Waals surface area contributed by atoms with Crippen molar-refractivity contribution in [1.29, 1.82) is 0 Å². The topological polar surface area (TPSA) is 63.9 Å². The first-order valence-electron chi connectivity index (χ1n) is 6.55. The van der Waals surface area contributed by atoms with Crippen LogP contribution in [-0.4, -0.2) is 23.9 Å². The van der Waals surface area contributed by atoms with Crippen LogP contribution in [0.3, 0.4) is 0 Å². The summed E-state index contributed by atoms with van der Waals surface area (Å²) in [6, 6.07) is 10.1. The summed E-state index contributed by atoms with van der Waals surface area (Å²) in [6.07, 6.45) is 0. The molecule has 0 bridgehead atoms. The van der Waals surface area contributed by atoms with Crippen LogP contribution in [0.2, 0.25) is 0 Å². The molecule has 1 heterocycles. The number of H-pyrrole nitrogens is 1. The standard InChI is InChI=1S/C15H21N3O/c1-10(2)14-8-15(18-17-14)13(9-16)11-5-4-6-12(7-11)19-3/h4-8,10,13H,9,16H2,1-3H3,(H,17,18). The average molecular weight is 259 g/mol. The van der Waals surface area contributed by atoms with Crippen LogP contribution in [0, 0.1) is 0 Å². The van der Waals surface area contributed by atoms with Crippen molar-refractivity contribution in [2.75, 3.05) is 13.7 Å². The van der Waals surface area contributed by atoms with Gasteiger partial charge in [-0.3, -0.25) is 5.10 Å². The number of rotatable bonds is 5. The van der Waals surface area contributed by atoms with Gasteiger partial charge < -0.3 is 10.5 Å². The summed E-state index contributed by atoms with van der Waals surface area (Å²) in [7, 11) is 1.67. The molecule has 0 aliphatic rings. The molecule has 0 radical (unpaired) electrons. The van der Waals surface area contributed by atoms with Crippen molar-refractivity contribution in [2.45, 2.75) is 25.7 Å². The van der Waals surface area contributed by atoms with Crippen LogP contribution >= 0.6 is 0 Å². The fourth-order valence-electron chi connectivity index (χ4n) is 2.13. The molecule has 1 aromatic heterocycles. The Morgan fingerprint density at radius 3 is 2.68 bits per heavy atom. The second kappa shape index (κ2) is 5.89. The van der Waals surface area contributed by atoms with Gasteiger partial charge in [-0.2, -0.15) is 5.10 Å². The first-order valence-corrected chi connectivity index (χ1v) is 6.55. The number of nitrogens with one attached hydrogen (secondary N) is 1. The summed E-state index contributed by atoms with van der Waals surface area (Å²) in [5.41, 5.74) is 9.19. The Morgan fingerprint density at radius 1 is 1.32 bits per heavy atom. The predicted octanol–water partition coefficient (Wildman–Crippen LogP) is 2.63. The lowest BCUT2D eigenvalue weighted by atomic mass is 9.95. The highest BCUT2D eigenvalue weighted by atomic mass is 16.5. The average Bonchev–Trinajstić information content (AvgIpc) is 2.90. The highest BCUT2D eigenvalue weighted by Gasteiger charge is 2.16. The number of nitrogens with two attached hydrogens (primary N) is 1. The summed E-state index contributed by atoms with van der Waals surface area (Å²) < 4.78 is 5.26. The van der Waals surface area contributed by atoms with E-state index in [1.54, 1.807) is 7.11 Å². The summed E-state index contributed by atoms with van der Waals surface area (Å²) in [4.78, 5) is 0. The Kier molecular flexibility index (Phi) is 4.22. The molecule has 102 valence electrons. The highest BCUT2D eigenvalue weighted by molar-refractivity contribution is 5.35. The maximum Gasteiger partial charge on any atom is 0.119 e. The van der Waals surface area contributed by atoms with Gasteiger partial charge in [0.1, 0.15) is 5.75 Å². The molecule has 0 aliphatic carbocycles. The zero-order valence-electron chi connectivity index (χ0n) is 11.7. The minimum absolute atomic E-state index is 0.120. The molecule has 1 atom stereocenters. The van der Waals surface area contributed by atoms with Crippen molar-refractivity contribution in [3.63, 3.8) is 0 Å². The lowest BCUT2D eigenvalue weighted by Gasteiger charge is -2.14. The molecule has 1 unspecified atom stereocenters. The predicted molar refractivity (Wildman–Crippen MR) is 76.6 cm³/mol. The van der Waals surface area contributed by atoms with Crippen LogP contribution in [-0.2, 0) is 0 Å². The molecular weight excluding hydrogens is 238 g/mol. The van der Waals surface area contributed by atoms with Crippen LogP contribution in [0.1, 0.15) is 42.6 Å². The second-order valence-electron chi connectivity index (χ2n) is 4.97. The van der Waals surface area contributed by atoms with Gasteiger partial charge in [0, 0.05) is 18.2 Å². The molecule has 4 heteroatoms. The molecule has 0 saturated carbocycles. The van der Waals surface area contributed by atoms with Crippen LogP contribution in [0.4, 0.5) is 0 Å². The van der Waals surface area contributed by atoms with E-state index in [4.69, 9.17) is 10.5 Å². The molecule has 0 saturated heterocycles. The third-order valence-electron chi connectivity index (χ3n) is 3.32. The normalized spacial score (nSPS) is 12.7. The van der Waals surface area contributed by atoms with Gasteiger partial charge in [0.2, 0.25) is 0 Å². The van der Waals surface area contributed by atoms with Crippen molar-refractivity contribution in [3.05, 3.63) is 47.3 Å². The van der Waals surface area contributed by atoms with E-state index in [-0.39, 0.29) is 5.92 Å². The SMILES string of the molecule is COc1cccc(C(CN)c2cc(C(C)C)n[nH]2)c1. The van der Waals surface area contributed by atoms with Crippen molar-refractivity contribution in [1.82, 2.24) is 10.2 Å². The van der Waals surface area contributed by atoms with Gasteiger partial charge in [-0.1, -0.05) is 26.0 Å². The van der Waals surface area contributed by atoms with Gasteiger partial charge in [0.05, 0.1) is 12.8 Å². The highest BCUT2D eigenvalue weighted by Crippen LogP contribution is 2.26. The van der Waals surface area contributed by atoms with E-state index in [1.807, 2.05) is 18.2 Å². The molecule has 2 aromatic rings. The van der Waals surface area contributed by atoms with E-state index >= 15 is 0 Å². The number of ether oxygens (including phenoxy) is 1. The fraction of sp³-hybridized carbons (Fsp3) is 0.400. The van der Waals surface area contributed by atoms with Crippen molar-refractivity contribution < 1.29 is 4.74 Å². The van der Waals surface area contributed by atoms with E-state index in [2.05, 4.69) is 36.2 Å². The fourth-order valence-corrected chi connectivity index (χ4v) is 2.13. The second-order valence-corrected chi connectivity index (χ2v) is 4.97. The van der Waals surface area contributed by atoms with E-state index in [9.17, 15) is 0 Å². The summed E-state index contributed by atoms with van der Waals surface area (Å²) in [5.74, 6) is 1.38. The molecule has 1 aromatic carbocycles. The van der Waals surface area contributed by atoms with Crippen LogP contribution in [0.25, 0.3) is 0 Å². The number of aromatic amines is 1. The van der Waals surface area contributed by atoms with Crippen LogP contribution in [0.15, 0.2) is 30.3 Å². The number of methoxy groups -OCH3 is 1. The molecule has 3 N–H and O–H groups in total. The van der Waals surface area contributed by atoms with E-state index in [0.717, 1.165) is 22.7 Å². The van der Waals surface area contributed by atoms with Gasteiger partial charge in [-0.05, 0) is 29.7 Å². The third-order valence-corrected chi connectivity index (χ3v) is 3.32. The number of hydrogen-bond acceptors (Lipinski definition) is 3. The summed E-state index contributed by atoms with van der Waals surface area (Å²) in [6.45, 7) is 4.79. The Hall–Kier alpha value is -1.81. The van der Waals surface area contributed by atoms with Gasteiger partial charge >= 0.3 is 0 Å². The number of hydrogen-bond donors (Lipinski definition) is 2. The largest absolute Gasteiger partial charge is 0.497 e. The molecule has 2 rings (SSSR count). The Labute approximate surface area is 114 Å². The Morgan fingerprint density at radius 2 is 2.11 bits per heavy atom. The van der Waals surface area contributed by atoms with E-state index in [1.165, 1.54) is 0 Å². The lowest BCUT2D eigenvalue weighted by molar-refractivity contribution is 0.414. The van der Waals surface area contributed by atoms with Crippen LogP contribution in [0.5, 0.6) is 5.75 Å². The minimum atomic E-state index is 0.120. The zero-order chi connectivity index (χ0) is 13.8. The van der Waals surface area contributed by atoms with Gasteiger partial charge in [0.15, 0.2) is 0 Å².